The maximum atomic E-state index is 13.1. The number of ether oxygens (including phenoxy) is 6. The summed E-state index contributed by atoms with van der Waals surface area (Å²) in [5.41, 5.74) is 0. The molecular weight excluding hydrogens is 879 g/mol. The average molecular weight is 960 g/mol. The van der Waals surface area contributed by atoms with Crippen LogP contribution in [-0.4, -0.2) is 193 Å². The lowest BCUT2D eigenvalue weighted by Gasteiger charge is -2.48. The van der Waals surface area contributed by atoms with Crippen molar-refractivity contribution in [3.05, 3.63) is 60.8 Å². The molecule has 1 amide bonds. The van der Waals surface area contributed by atoms with E-state index in [1.807, 2.05) is 0 Å². The summed E-state index contributed by atoms with van der Waals surface area (Å²) < 4.78 is 33.9. The summed E-state index contributed by atoms with van der Waals surface area (Å²) in [4.78, 5) is 13.1. The molecule has 12 N–H and O–H groups in total. The molecule has 0 aromatic heterocycles. The van der Waals surface area contributed by atoms with E-state index >= 15 is 0 Å². The highest BCUT2D eigenvalue weighted by molar-refractivity contribution is 5.76. The monoisotopic (exact) mass is 960 g/mol. The summed E-state index contributed by atoms with van der Waals surface area (Å²) in [6.07, 6.45) is 5.64. The van der Waals surface area contributed by atoms with Crippen LogP contribution in [0.5, 0.6) is 0 Å². The van der Waals surface area contributed by atoms with Crippen molar-refractivity contribution < 1.29 is 89.4 Å². The molecule has 0 saturated carbocycles. The van der Waals surface area contributed by atoms with E-state index in [0.717, 1.165) is 70.6 Å². The van der Waals surface area contributed by atoms with Crippen LogP contribution < -0.4 is 5.32 Å². The second kappa shape index (κ2) is 33.1. The van der Waals surface area contributed by atoms with Crippen molar-refractivity contribution in [1.29, 1.82) is 0 Å². The normalized spacial score (nSPS) is 34.0. The third-order valence-corrected chi connectivity index (χ3v) is 11.8. The van der Waals surface area contributed by atoms with Crippen molar-refractivity contribution in [3.63, 3.8) is 0 Å². The predicted octanol–water partition coefficient (Wildman–Crippen LogP) is 0.579. The van der Waals surface area contributed by atoms with Gasteiger partial charge in [0, 0.05) is 6.42 Å². The summed E-state index contributed by atoms with van der Waals surface area (Å²) >= 11 is 0. The van der Waals surface area contributed by atoms with Crippen LogP contribution in [0.4, 0.5) is 0 Å². The van der Waals surface area contributed by atoms with E-state index in [1.54, 1.807) is 12.2 Å². The zero-order chi connectivity index (χ0) is 49.1. The second-order valence-electron chi connectivity index (χ2n) is 17.2. The van der Waals surface area contributed by atoms with Crippen molar-refractivity contribution >= 4 is 5.91 Å². The topological polar surface area (TPSA) is 307 Å². The lowest BCUT2D eigenvalue weighted by molar-refractivity contribution is -0.379. The maximum absolute atomic E-state index is 13.1. The van der Waals surface area contributed by atoms with E-state index < -0.39 is 124 Å². The van der Waals surface area contributed by atoms with Crippen molar-refractivity contribution in [2.75, 3.05) is 26.4 Å². The second-order valence-corrected chi connectivity index (χ2v) is 17.2. The molecular formula is C48H81NO18. The van der Waals surface area contributed by atoms with Gasteiger partial charge >= 0.3 is 0 Å². The molecule has 0 aromatic rings. The van der Waals surface area contributed by atoms with Crippen LogP contribution in [0.25, 0.3) is 0 Å². The minimum Gasteiger partial charge on any atom is -0.394 e. The molecule has 3 rings (SSSR count). The van der Waals surface area contributed by atoms with Gasteiger partial charge in [0.2, 0.25) is 5.91 Å². The van der Waals surface area contributed by atoms with Gasteiger partial charge < -0.3 is 89.9 Å². The quantitative estimate of drug-likeness (QED) is 0.0334. The number of nitrogens with one attached hydrogen (secondary N) is 1. The van der Waals surface area contributed by atoms with Crippen molar-refractivity contribution in [3.8, 4) is 0 Å². The number of rotatable bonds is 31. The number of carbonyl (C=O) groups excluding carboxylic acids is 1. The Hall–Kier alpha value is -2.51. The Kier molecular flexibility index (Phi) is 29.1. The molecule has 67 heavy (non-hydrogen) atoms. The maximum Gasteiger partial charge on any atom is 0.220 e. The molecule has 0 spiro atoms. The van der Waals surface area contributed by atoms with Crippen LogP contribution in [0, 0.1) is 0 Å². The number of aliphatic hydroxyl groups excluding tert-OH is 11. The van der Waals surface area contributed by atoms with Crippen LogP contribution in [0.3, 0.4) is 0 Å². The lowest BCUT2D eigenvalue weighted by atomic mass is 9.96. The minimum atomic E-state index is -1.98. The van der Waals surface area contributed by atoms with Crippen molar-refractivity contribution in [2.24, 2.45) is 0 Å². The number of aliphatic hydroxyl groups is 11. The smallest absolute Gasteiger partial charge is 0.220 e. The average Bonchev–Trinajstić information content (AvgIpc) is 3.32. The molecule has 0 radical (unpaired) electrons. The van der Waals surface area contributed by atoms with Gasteiger partial charge in [0.25, 0.3) is 0 Å². The highest BCUT2D eigenvalue weighted by Crippen LogP contribution is 2.33. The largest absolute Gasteiger partial charge is 0.394 e. The number of hydrogen-bond acceptors (Lipinski definition) is 18. The van der Waals surface area contributed by atoms with E-state index in [9.17, 15) is 61.0 Å². The number of carbonyl (C=O) groups is 1. The molecule has 386 valence electrons. The van der Waals surface area contributed by atoms with Crippen LogP contribution in [0.1, 0.15) is 104 Å². The molecule has 0 aromatic carbocycles. The molecule has 3 aliphatic heterocycles. The fourth-order valence-electron chi connectivity index (χ4n) is 7.75. The van der Waals surface area contributed by atoms with Gasteiger partial charge in [-0.2, -0.15) is 0 Å². The lowest BCUT2D eigenvalue weighted by Crippen LogP contribution is -2.66. The molecule has 3 heterocycles. The van der Waals surface area contributed by atoms with Gasteiger partial charge in [-0.15, -0.1) is 0 Å². The summed E-state index contributed by atoms with van der Waals surface area (Å²) in [5.74, 6) is -0.313. The van der Waals surface area contributed by atoms with Crippen molar-refractivity contribution in [2.45, 2.75) is 208 Å². The standard InChI is InChI=1S/C48H81NO18/c1-3-5-7-9-11-12-13-14-15-16-17-18-20-22-24-26-36(54)49-31(32(53)25-23-21-19-10-8-6-4-2)30-62-46-42(60)39(57)44(34(28-51)64-46)67-48-43(61)40(58)45(35(29-52)65-48)66-47-41(59)38(56)37(55)33(27-50)63-47/h5,7-8,10-12,14-15,23,25,31-35,37-48,50-53,55-61H,3-4,6,9,13,16-22,24,26-30H2,1-2H3,(H,49,54)/b7-5-,10-8+,12-11-,15-14-,25-23+. The summed E-state index contributed by atoms with van der Waals surface area (Å²) in [7, 11) is 0. The third kappa shape index (κ3) is 19.7. The Morgan fingerprint density at radius 3 is 1.66 bits per heavy atom. The van der Waals surface area contributed by atoms with Crippen LogP contribution >= 0.6 is 0 Å². The van der Waals surface area contributed by atoms with Gasteiger partial charge in [0.05, 0.1) is 38.6 Å². The molecule has 19 heteroatoms. The zero-order valence-electron chi connectivity index (χ0n) is 39.1. The number of unbranched alkanes of at least 4 members (excludes halogenated alkanes) is 7. The molecule has 0 aliphatic carbocycles. The number of amides is 1. The van der Waals surface area contributed by atoms with Crippen LogP contribution in [0.15, 0.2) is 60.8 Å². The number of hydrogen-bond donors (Lipinski definition) is 12. The summed E-state index contributed by atoms with van der Waals surface area (Å²) in [6.45, 7) is 1.39. The highest BCUT2D eigenvalue weighted by Gasteiger charge is 2.53. The van der Waals surface area contributed by atoms with Crippen LogP contribution in [-0.2, 0) is 33.2 Å². The van der Waals surface area contributed by atoms with Gasteiger partial charge in [-0.25, -0.2) is 0 Å². The minimum absolute atomic E-state index is 0.212. The van der Waals surface area contributed by atoms with E-state index in [4.69, 9.17) is 28.4 Å². The first-order valence-corrected chi connectivity index (χ1v) is 24.0. The van der Waals surface area contributed by atoms with E-state index in [-0.39, 0.29) is 18.9 Å². The first kappa shape index (κ1) is 58.8. The molecule has 3 saturated heterocycles. The molecule has 19 nitrogen and oxygen atoms in total. The number of allylic oxidation sites excluding steroid dienone is 9. The van der Waals surface area contributed by atoms with Gasteiger partial charge in [-0.1, -0.05) is 100 Å². The Morgan fingerprint density at radius 1 is 0.552 bits per heavy atom. The molecule has 17 unspecified atom stereocenters. The Balaban J connectivity index is 1.56. The SMILES string of the molecule is CC/C=C\C/C=C\C/C=C\CCCCCCCC(=O)NC(COC1OC(CO)C(OC2OC(CO)C(OC3OC(CO)C(O)C(O)C3O)C(O)C2O)C(O)C1O)C(O)/C=C/CC/C=C/CCC. The van der Waals surface area contributed by atoms with E-state index in [0.29, 0.717) is 12.8 Å². The fraction of sp³-hybridized carbons (Fsp3) is 0.771. The van der Waals surface area contributed by atoms with Crippen molar-refractivity contribution in [1.82, 2.24) is 5.32 Å². The summed E-state index contributed by atoms with van der Waals surface area (Å²) in [5, 5.41) is 119. The fourth-order valence-corrected chi connectivity index (χ4v) is 7.75. The van der Waals surface area contributed by atoms with Gasteiger partial charge in [-0.05, 0) is 57.8 Å². The highest BCUT2D eigenvalue weighted by atomic mass is 16.8. The first-order chi connectivity index (χ1) is 32.3. The predicted molar refractivity (Wildman–Crippen MR) is 245 cm³/mol. The molecule has 3 fully saturated rings. The van der Waals surface area contributed by atoms with Gasteiger partial charge in [0.1, 0.15) is 73.2 Å². The van der Waals surface area contributed by atoms with E-state index in [2.05, 4.69) is 67.8 Å². The molecule has 3 aliphatic rings. The molecule has 0 bridgehead atoms. The Labute approximate surface area is 395 Å². The van der Waals surface area contributed by atoms with Gasteiger partial charge in [0.15, 0.2) is 18.9 Å². The molecule has 17 atom stereocenters. The Morgan fingerprint density at radius 2 is 1.04 bits per heavy atom. The van der Waals surface area contributed by atoms with Gasteiger partial charge in [-0.3, -0.25) is 4.79 Å². The van der Waals surface area contributed by atoms with E-state index in [1.165, 1.54) is 0 Å². The first-order valence-electron chi connectivity index (χ1n) is 24.0. The summed E-state index contributed by atoms with van der Waals surface area (Å²) in [6, 6.07) is -0.996. The zero-order valence-corrected chi connectivity index (χ0v) is 39.1. The van der Waals surface area contributed by atoms with Crippen LogP contribution in [0.2, 0.25) is 0 Å². The third-order valence-electron chi connectivity index (χ3n) is 11.8. The Bertz CT molecular complexity index is 1480.